The van der Waals surface area contributed by atoms with Crippen molar-refractivity contribution in [2.24, 2.45) is 5.18 Å². The summed E-state index contributed by atoms with van der Waals surface area (Å²) in [7, 11) is 0. The minimum Gasteiger partial charge on any atom is -0.505 e. The first-order chi connectivity index (χ1) is 13.5. The van der Waals surface area contributed by atoms with Crippen LogP contribution in [0.15, 0.2) is 41.7 Å². The summed E-state index contributed by atoms with van der Waals surface area (Å²) in [6.07, 6.45) is 3.39. The Hall–Kier alpha value is -3.62. The zero-order valence-electron chi connectivity index (χ0n) is 14.9. The molecule has 0 bridgehead atoms. The van der Waals surface area contributed by atoms with Crippen molar-refractivity contribution >= 4 is 17.7 Å². The first-order valence-electron chi connectivity index (χ1n) is 8.72. The summed E-state index contributed by atoms with van der Waals surface area (Å²) in [6, 6.07) is 8.31. The summed E-state index contributed by atoms with van der Waals surface area (Å²) in [5.41, 5.74) is 1.45. The van der Waals surface area contributed by atoms with Gasteiger partial charge in [0, 0.05) is 35.6 Å². The highest BCUT2D eigenvalue weighted by atomic mass is 16.3. The zero-order valence-corrected chi connectivity index (χ0v) is 14.9. The van der Waals surface area contributed by atoms with Crippen LogP contribution in [-0.4, -0.2) is 52.3 Å². The molecule has 0 atom stereocenters. The summed E-state index contributed by atoms with van der Waals surface area (Å²) in [6.45, 7) is 0.917. The zero-order chi connectivity index (χ0) is 20.1. The molecule has 28 heavy (non-hydrogen) atoms. The van der Waals surface area contributed by atoms with Gasteiger partial charge in [-0.2, -0.15) is 0 Å². The molecule has 3 amide bonds. The van der Waals surface area contributed by atoms with Gasteiger partial charge < -0.3 is 15.3 Å². The van der Waals surface area contributed by atoms with Crippen molar-refractivity contribution in [3.63, 3.8) is 0 Å². The molecule has 2 N–H and O–H groups in total. The number of carbonyl (C=O) groups excluding carboxylic acids is 3. The summed E-state index contributed by atoms with van der Waals surface area (Å²) in [5, 5.41) is 14.4. The minimum atomic E-state index is -1.04. The lowest BCUT2D eigenvalue weighted by Gasteiger charge is -2.15. The molecule has 0 saturated carbocycles. The van der Waals surface area contributed by atoms with Crippen molar-refractivity contribution in [2.45, 2.75) is 12.8 Å². The average molecular weight is 382 g/mol. The van der Waals surface area contributed by atoms with Crippen molar-refractivity contribution in [3.8, 4) is 16.9 Å². The lowest BCUT2D eigenvalue weighted by Crippen LogP contribution is -2.29. The third-order valence-corrected chi connectivity index (χ3v) is 4.42. The van der Waals surface area contributed by atoms with E-state index >= 15 is 0 Å². The molecule has 1 aliphatic rings. The lowest BCUT2D eigenvalue weighted by atomic mass is 10.0. The van der Waals surface area contributed by atoms with Crippen LogP contribution in [0.1, 0.15) is 33.7 Å². The number of aromatic nitrogens is 1. The average Bonchev–Trinajstić information content (AvgIpc) is 3.26. The van der Waals surface area contributed by atoms with E-state index < -0.39 is 24.1 Å². The third kappa shape index (κ3) is 4.20. The normalized spacial score (nSPS) is 13.2. The van der Waals surface area contributed by atoms with Gasteiger partial charge in [0.1, 0.15) is 12.3 Å². The quantitative estimate of drug-likeness (QED) is 0.758. The second kappa shape index (κ2) is 8.38. The minimum absolute atomic E-state index is 0.0408. The SMILES string of the molecule is O=NC(=O)CNC(=O)c1ncc(-c2cccc(C(=O)N3CCCC3)c2)cc1O. The second-order valence-electron chi connectivity index (χ2n) is 6.34. The summed E-state index contributed by atoms with van der Waals surface area (Å²) >= 11 is 0. The Kier molecular flexibility index (Phi) is 5.73. The smallest absolute Gasteiger partial charge is 0.305 e. The number of nitroso groups, excluding NO2 is 1. The topological polar surface area (TPSA) is 129 Å². The molecule has 2 aromatic rings. The van der Waals surface area contributed by atoms with Gasteiger partial charge >= 0.3 is 5.91 Å². The van der Waals surface area contributed by atoms with E-state index in [0.29, 0.717) is 16.7 Å². The maximum atomic E-state index is 12.5. The summed E-state index contributed by atoms with van der Waals surface area (Å²) < 4.78 is 0. The number of hydrogen-bond acceptors (Lipinski definition) is 6. The van der Waals surface area contributed by atoms with Crippen molar-refractivity contribution in [3.05, 3.63) is 52.7 Å². The number of likely N-dealkylation sites (tertiary alicyclic amines) is 1. The van der Waals surface area contributed by atoms with Crippen LogP contribution in [0.25, 0.3) is 11.1 Å². The molecule has 144 valence electrons. The fourth-order valence-electron chi connectivity index (χ4n) is 2.99. The fraction of sp³-hybridized carbons (Fsp3) is 0.263. The Morgan fingerprint density at radius 3 is 2.57 bits per heavy atom. The van der Waals surface area contributed by atoms with Gasteiger partial charge in [0.2, 0.25) is 0 Å². The Morgan fingerprint density at radius 2 is 1.89 bits per heavy atom. The Morgan fingerprint density at radius 1 is 1.14 bits per heavy atom. The van der Waals surface area contributed by atoms with Gasteiger partial charge in [0.25, 0.3) is 11.8 Å². The van der Waals surface area contributed by atoms with Crippen LogP contribution in [0.4, 0.5) is 0 Å². The molecule has 1 aliphatic heterocycles. The first-order valence-corrected chi connectivity index (χ1v) is 8.72. The Labute approximate surface area is 160 Å². The largest absolute Gasteiger partial charge is 0.505 e. The predicted octanol–water partition coefficient (Wildman–Crippen LogP) is 1.71. The third-order valence-electron chi connectivity index (χ3n) is 4.42. The monoisotopic (exact) mass is 382 g/mol. The van der Waals surface area contributed by atoms with E-state index in [1.54, 1.807) is 29.2 Å². The van der Waals surface area contributed by atoms with E-state index in [0.717, 1.165) is 25.9 Å². The highest BCUT2D eigenvalue weighted by Crippen LogP contribution is 2.26. The van der Waals surface area contributed by atoms with Crippen LogP contribution >= 0.6 is 0 Å². The van der Waals surface area contributed by atoms with E-state index in [1.165, 1.54) is 12.3 Å². The number of aromatic hydroxyl groups is 1. The molecule has 1 fully saturated rings. The van der Waals surface area contributed by atoms with Gasteiger partial charge in [-0.1, -0.05) is 12.1 Å². The molecule has 0 radical (unpaired) electrons. The van der Waals surface area contributed by atoms with Gasteiger partial charge in [-0.3, -0.25) is 14.4 Å². The maximum absolute atomic E-state index is 12.5. The number of pyridine rings is 1. The number of benzene rings is 1. The van der Waals surface area contributed by atoms with Crippen molar-refractivity contribution in [1.29, 1.82) is 0 Å². The molecule has 2 heterocycles. The lowest BCUT2D eigenvalue weighted by molar-refractivity contribution is -0.117. The van der Waals surface area contributed by atoms with Crippen molar-refractivity contribution in [2.75, 3.05) is 19.6 Å². The molecule has 0 spiro atoms. The Balaban J connectivity index is 1.79. The number of rotatable bonds is 5. The second-order valence-corrected chi connectivity index (χ2v) is 6.34. The molecule has 3 rings (SSSR count). The van der Waals surface area contributed by atoms with Crippen LogP contribution in [0.5, 0.6) is 5.75 Å². The molecule has 0 aliphatic carbocycles. The van der Waals surface area contributed by atoms with E-state index in [4.69, 9.17) is 0 Å². The van der Waals surface area contributed by atoms with Crippen LogP contribution in [0.2, 0.25) is 0 Å². The molecular formula is C19H18N4O5. The molecular weight excluding hydrogens is 364 g/mol. The van der Waals surface area contributed by atoms with E-state index in [9.17, 15) is 24.4 Å². The van der Waals surface area contributed by atoms with E-state index in [1.807, 2.05) is 0 Å². The molecule has 1 saturated heterocycles. The number of carbonyl (C=O) groups is 3. The summed E-state index contributed by atoms with van der Waals surface area (Å²) in [4.78, 5) is 51.1. The van der Waals surface area contributed by atoms with Crippen molar-refractivity contribution < 1.29 is 19.5 Å². The van der Waals surface area contributed by atoms with Crippen molar-refractivity contribution in [1.82, 2.24) is 15.2 Å². The fourth-order valence-corrected chi connectivity index (χ4v) is 2.99. The standard InChI is InChI=1S/C19H18N4O5/c24-15-9-14(10-20-17(15)18(26)21-11-16(25)22-28)12-4-3-5-13(8-12)19(27)23-6-1-2-7-23/h3-5,8-10,24H,1-2,6-7,11H2,(H,21,26). The molecule has 9 heteroatoms. The van der Waals surface area contributed by atoms with Crippen LogP contribution in [-0.2, 0) is 4.79 Å². The van der Waals surface area contributed by atoms with Gasteiger partial charge in [-0.15, -0.1) is 4.91 Å². The Bertz CT molecular complexity index is 938. The molecule has 1 aromatic carbocycles. The highest BCUT2D eigenvalue weighted by molar-refractivity contribution is 5.98. The predicted molar refractivity (Wildman–Crippen MR) is 99.6 cm³/mol. The molecule has 9 nitrogen and oxygen atoms in total. The van der Waals surface area contributed by atoms with E-state index in [-0.39, 0.29) is 11.6 Å². The van der Waals surface area contributed by atoms with Crippen LogP contribution < -0.4 is 5.32 Å². The van der Waals surface area contributed by atoms with Gasteiger partial charge in [0.05, 0.1) is 0 Å². The first kappa shape index (κ1) is 19.2. The molecule has 1 aromatic heterocycles. The number of nitrogens with one attached hydrogen (secondary N) is 1. The van der Waals surface area contributed by atoms with Gasteiger partial charge in [-0.25, -0.2) is 4.98 Å². The van der Waals surface area contributed by atoms with Gasteiger partial charge in [-0.05, 0) is 36.6 Å². The number of hydrogen-bond donors (Lipinski definition) is 2. The number of nitrogens with zero attached hydrogens (tertiary/aromatic N) is 3. The maximum Gasteiger partial charge on any atom is 0.305 e. The van der Waals surface area contributed by atoms with Gasteiger partial charge in [0.15, 0.2) is 5.69 Å². The highest BCUT2D eigenvalue weighted by Gasteiger charge is 2.20. The summed E-state index contributed by atoms with van der Waals surface area (Å²) in [5.74, 6) is -2.28. The van der Waals surface area contributed by atoms with Crippen LogP contribution in [0, 0.1) is 4.91 Å². The van der Waals surface area contributed by atoms with E-state index in [2.05, 4.69) is 15.5 Å². The number of amides is 3. The van der Waals surface area contributed by atoms with Crippen LogP contribution in [0.3, 0.4) is 0 Å². The molecule has 0 unspecified atom stereocenters.